The van der Waals surface area contributed by atoms with Crippen LogP contribution in [0.5, 0.6) is 5.75 Å². The summed E-state index contributed by atoms with van der Waals surface area (Å²) in [5.74, 6) is 2.08. The van der Waals surface area contributed by atoms with Crippen molar-refractivity contribution in [2.24, 2.45) is 4.99 Å². The van der Waals surface area contributed by atoms with E-state index in [1.165, 1.54) is 11.8 Å². The number of aliphatic imine (C=N–C) groups is 1. The third-order valence-corrected chi connectivity index (χ3v) is 5.69. The Morgan fingerprint density at radius 2 is 1.74 bits per heavy atom. The molecule has 0 amide bonds. The Labute approximate surface area is 203 Å². The van der Waals surface area contributed by atoms with Crippen molar-refractivity contribution in [3.8, 4) is 5.75 Å². The zero-order valence-electron chi connectivity index (χ0n) is 18.7. The number of halogens is 1. The minimum Gasteiger partial charge on any atom is -0.491 e. The number of hydrogen-bond acceptors (Lipinski definition) is 4. The van der Waals surface area contributed by atoms with Gasteiger partial charge >= 0.3 is 0 Å². The van der Waals surface area contributed by atoms with Crippen molar-refractivity contribution < 1.29 is 13.2 Å². The molecule has 0 radical (unpaired) electrons. The number of nitrogens with zero attached hydrogens (tertiary/aromatic N) is 1. The van der Waals surface area contributed by atoms with Crippen LogP contribution in [0.1, 0.15) is 37.8 Å². The van der Waals surface area contributed by atoms with Gasteiger partial charge in [0.15, 0.2) is 15.8 Å². The molecule has 8 heteroatoms. The normalized spacial score (nSPS) is 11.7. The fraction of sp³-hybridized carbons (Fsp3) is 0.435. The van der Waals surface area contributed by atoms with Gasteiger partial charge in [-0.25, -0.2) is 8.42 Å². The Bertz CT molecular complexity index is 929. The largest absolute Gasteiger partial charge is 0.491 e. The van der Waals surface area contributed by atoms with Gasteiger partial charge in [0, 0.05) is 19.3 Å². The quantitative estimate of drug-likeness (QED) is 0.199. The molecule has 0 aliphatic carbocycles. The van der Waals surface area contributed by atoms with Crippen LogP contribution >= 0.6 is 24.0 Å². The first-order chi connectivity index (χ1) is 14.3. The third kappa shape index (κ3) is 9.47. The standard InChI is InChI=1S/C23H33N3O3S.HI/c1-5-24-23(25-15-14-19-10-12-20(13-11-19)30(4,27)28)26-16-17-29-22-9-7-6-8-21(22)18(2)3;/h6-13,18H,5,14-17H2,1-4H3,(H2,24,25,26);1H. The Morgan fingerprint density at radius 1 is 1.06 bits per heavy atom. The molecule has 0 aromatic heterocycles. The lowest BCUT2D eigenvalue weighted by molar-refractivity contribution is 0.317. The summed E-state index contributed by atoms with van der Waals surface area (Å²) >= 11 is 0. The van der Waals surface area contributed by atoms with Gasteiger partial charge < -0.3 is 15.4 Å². The highest BCUT2D eigenvalue weighted by atomic mass is 127. The molecule has 0 bridgehead atoms. The second-order valence-corrected chi connectivity index (χ2v) is 9.41. The van der Waals surface area contributed by atoms with Gasteiger partial charge in [0.05, 0.1) is 11.4 Å². The molecule has 0 atom stereocenters. The molecule has 6 nitrogen and oxygen atoms in total. The van der Waals surface area contributed by atoms with E-state index in [1.54, 1.807) is 12.1 Å². The zero-order chi connectivity index (χ0) is 22.0. The van der Waals surface area contributed by atoms with Gasteiger partial charge in [-0.05, 0) is 48.6 Å². The summed E-state index contributed by atoms with van der Waals surface area (Å²) in [6.07, 6.45) is 1.95. The van der Waals surface area contributed by atoms with Gasteiger partial charge in [0.2, 0.25) is 0 Å². The van der Waals surface area contributed by atoms with E-state index in [1.807, 2.05) is 37.3 Å². The highest BCUT2D eigenvalue weighted by Gasteiger charge is 2.07. The van der Waals surface area contributed by atoms with Crippen LogP contribution < -0.4 is 15.4 Å². The fourth-order valence-corrected chi connectivity index (χ4v) is 3.59. The molecule has 2 N–H and O–H groups in total. The molecule has 0 aliphatic heterocycles. The molecule has 0 unspecified atom stereocenters. The van der Waals surface area contributed by atoms with E-state index in [0.717, 1.165) is 30.2 Å². The summed E-state index contributed by atoms with van der Waals surface area (Å²) < 4.78 is 29.0. The van der Waals surface area contributed by atoms with Gasteiger partial charge in [0.1, 0.15) is 12.4 Å². The Balaban J connectivity index is 0.00000480. The van der Waals surface area contributed by atoms with Crippen molar-refractivity contribution in [2.45, 2.75) is 38.0 Å². The molecule has 2 rings (SSSR count). The maximum absolute atomic E-state index is 11.5. The molecule has 172 valence electrons. The molecule has 0 aliphatic rings. The first kappa shape index (κ1) is 27.2. The third-order valence-electron chi connectivity index (χ3n) is 4.56. The fourth-order valence-electron chi connectivity index (χ4n) is 2.96. The minimum atomic E-state index is -3.16. The van der Waals surface area contributed by atoms with E-state index in [-0.39, 0.29) is 24.0 Å². The number of sulfone groups is 1. The molecule has 2 aromatic rings. The summed E-state index contributed by atoms with van der Waals surface area (Å²) in [6, 6.07) is 15.1. The SMILES string of the molecule is CCNC(=NCCc1ccc(S(C)(=O)=O)cc1)NCCOc1ccccc1C(C)C.I. The minimum absolute atomic E-state index is 0. The second-order valence-electron chi connectivity index (χ2n) is 7.39. The van der Waals surface area contributed by atoms with Crippen LogP contribution in [0.25, 0.3) is 0 Å². The molecule has 0 saturated carbocycles. The van der Waals surface area contributed by atoms with Crippen molar-refractivity contribution in [3.05, 3.63) is 59.7 Å². The van der Waals surface area contributed by atoms with E-state index >= 15 is 0 Å². The first-order valence-corrected chi connectivity index (χ1v) is 12.2. The molecule has 2 aromatic carbocycles. The molecular weight excluding hydrogens is 525 g/mol. The van der Waals surface area contributed by atoms with Crippen molar-refractivity contribution >= 4 is 39.8 Å². The van der Waals surface area contributed by atoms with E-state index in [4.69, 9.17) is 4.74 Å². The van der Waals surface area contributed by atoms with Crippen LogP contribution in [-0.2, 0) is 16.3 Å². The average molecular weight is 560 g/mol. The summed E-state index contributed by atoms with van der Waals surface area (Å²) in [7, 11) is -3.16. The van der Waals surface area contributed by atoms with Gasteiger partial charge in [-0.3, -0.25) is 4.99 Å². The van der Waals surface area contributed by atoms with Gasteiger partial charge in [-0.2, -0.15) is 0 Å². The molecule has 0 fully saturated rings. The maximum Gasteiger partial charge on any atom is 0.191 e. The lowest BCUT2D eigenvalue weighted by Crippen LogP contribution is -2.39. The Hall–Kier alpha value is -1.81. The highest BCUT2D eigenvalue weighted by Crippen LogP contribution is 2.25. The van der Waals surface area contributed by atoms with E-state index in [2.05, 4.69) is 35.5 Å². The van der Waals surface area contributed by atoms with Crippen LogP contribution in [-0.4, -0.2) is 46.9 Å². The van der Waals surface area contributed by atoms with Gasteiger partial charge in [-0.15, -0.1) is 24.0 Å². The highest BCUT2D eigenvalue weighted by molar-refractivity contribution is 14.0. The number of nitrogens with one attached hydrogen (secondary N) is 2. The van der Waals surface area contributed by atoms with Crippen LogP contribution in [0.4, 0.5) is 0 Å². The van der Waals surface area contributed by atoms with Crippen LogP contribution in [0.15, 0.2) is 58.4 Å². The first-order valence-electron chi connectivity index (χ1n) is 10.3. The summed E-state index contributed by atoms with van der Waals surface area (Å²) in [4.78, 5) is 4.93. The molecule has 0 saturated heterocycles. The Kier molecular flexibility index (Phi) is 11.9. The van der Waals surface area contributed by atoms with Gasteiger partial charge in [0.25, 0.3) is 0 Å². The monoisotopic (exact) mass is 559 g/mol. The number of ether oxygens (including phenoxy) is 1. The molecule has 0 spiro atoms. The van der Waals surface area contributed by atoms with Gasteiger partial charge in [-0.1, -0.05) is 44.2 Å². The van der Waals surface area contributed by atoms with Crippen molar-refractivity contribution in [2.75, 3.05) is 32.5 Å². The number of hydrogen-bond donors (Lipinski definition) is 2. The smallest absolute Gasteiger partial charge is 0.191 e. The maximum atomic E-state index is 11.5. The van der Waals surface area contributed by atoms with E-state index in [9.17, 15) is 8.42 Å². The van der Waals surface area contributed by atoms with Crippen LogP contribution in [0.2, 0.25) is 0 Å². The van der Waals surface area contributed by atoms with Crippen molar-refractivity contribution in [1.82, 2.24) is 10.6 Å². The molecular formula is C23H34IN3O3S. The number of benzene rings is 2. The van der Waals surface area contributed by atoms with E-state index in [0.29, 0.717) is 30.5 Å². The van der Waals surface area contributed by atoms with Crippen molar-refractivity contribution in [3.63, 3.8) is 0 Å². The topological polar surface area (TPSA) is 79.8 Å². The van der Waals surface area contributed by atoms with Crippen molar-refractivity contribution in [1.29, 1.82) is 0 Å². The molecule has 31 heavy (non-hydrogen) atoms. The van der Waals surface area contributed by atoms with Crippen LogP contribution in [0.3, 0.4) is 0 Å². The average Bonchev–Trinajstić information content (AvgIpc) is 2.71. The van der Waals surface area contributed by atoms with E-state index < -0.39 is 9.84 Å². The lowest BCUT2D eigenvalue weighted by Gasteiger charge is -2.15. The summed E-state index contributed by atoms with van der Waals surface area (Å²) in [6.45, 7) is 8.89. The predicted molar refractivity (Wildman–Crippen MR) is 139 cm³/mol. The lowest BCUT2D eigenvalue weighted by atomic mass is 10.0. The summed E-state index contributed by atoms with van der Waals surface area (Å²) in [5.41, 5.74) is 2.26. The number of para-hydroxylation sites is 1. The number of rotatable bonds is 10. The number of guanidine groups is 1. The predicted octanol–water partition coefficient (Wildman–Crippen LogP) is 4.01. The molecule has 0 heterocycles. The second kappa shape index (κ2) is 13.6. The Morgan fingerprint density at radius 3 is 2.35 bits per heavy atom. The zero-order valence-corrected chi connectivity index (χ0v) is 21.9. The van der Waals surface area contributed by atoms with Crippen LogP contribution in [0, 0.1) is 0 Å². The summed E-state index contributed by atoms with van der Waals surface area (Å²) in [5, 5.41) is 6.52.